The molecular weight excluding hydrogens is 446 g/mol. The molecule has 4 rings (SSSR count). The van der Waals surface area contributed by atoms with Crippen LogP contribution in [0, 0.1) is 24.0 Å². The van der Waals surface area contributed by atoms with Gasteiger partial charge in [-0.2, -0.15) is 0 Å². The first-order chi connectivity index (χ1) is 16.5. The van der Waals surface area contributed by atoms with Gasteiger partial charge < -0.3 is 14.9 Å². The molecule has 182 valence electrons. The van der Waals surface area contributed by atoms with E-state index in [9.17, 15) is 25.1 Å². The van der Waals surface area contributed by atoms with E-state index < -0.39 is 29.0 Å². The zero-order chi connectivity index (χ0) is 25.7. The second kappa shape index (κ2) is 8.91. The van der Waals surface area contributed by atoms with E-state index >= 15 is 0 Å². The topological polar surface area (TPSA) is 110 Å². The lowest BCUT2D eigenvalue weighted by atomic mass is 9.75. The summed E-state index contributed by atoms with van der Waals surface area (Å²) in [7, 11) is 0. The number of non-ortho nitro benzene ring substituents is 1. The molecule has 2 aliphatic carbocycles. The van der Waals surface area contributed by atoms with Crippen molar-refractivity contribution in [3.05, 3.63) is 97.8 Å². The number of benzene rings is 1. The molecule has 1 aromatic rings. The van der Waals surface area contributed by atoms with Gasteiger partial charge in [0, 0.05) is 28.8 Å². The number of carbonyl (C=O) groups excluding carboxylic acids is 1. The van der Waals surface area contributed by atoms with E-state index in [2.05, 4.69) is 26.0 Å². The average Bonchev–Trinajstić information content (AvgIpc) is 3.05. The Balaban J connectivity index is 2.10. The van der Waals surface area contributed by atoms with Gasteiger partial charge in [-0.15, -0.1) is 0 Å². The summed E-state index contributed by atoms with van der Waals surface area (Å²) >= 11 is 0. The summed E-state index contributed by atoms with van der Waals surface area (Å²) in [6.07, 6.45) is -1.63. The third-order valence-electron chi connectivity index (χ3n) is 6.97. The number of rotatable bonds is 5. The zero-order valence-electron chi connectivity index (χ0n) is 20.5. The maximum Gasteiger partial charge on any atom is 0.269 e. The largest absolute Gasteiger partial charge is 0.476 e. The van der Waals surface area contributed by atoms with Crippen molar-refractivity contribution in [1.82, 2.24) is 0 Å². The van der Waals surface area contributed by atoms with Crippen LogP contribution >= 0.6 is 0 Å². The number of aryl methyl sites for hydroxylation is 2. The molecule has 2 atom stereocenters. The van der Waals surface area contributed by atoms with Crippen LogP contribution in [0.5, 0.6) is 0 Å². The molecule has 0 bridgehead atoms. The molecule has 0 amide bonds. The molecule has 1 aromatic carbocycles. The Hall–Kier alpha value is -3.55. The first-order valence-electron chi connectivity index (χ1n) is 11.5. The Bertz CT molecular complexity index is 1320. The van der Waals surface area contributed by atoms with Crippen LogP contribution in [-0.2, 0) is 15.1 Å². The van der Waals surface area contributed by atoms with E-state index in [1.165, 1.54) is 31.2 Å². The van der Waals surface area contributed by atoms with E-state index in [0.717, 1.165) is 27.8 Å². The summed E-state index contributed by atoms with van der Waals surface area (Å²) in [4.78, 5) is 24.0. The Labute approximate surface area is 204 Å². The van der Waals surface area contributed by atoms with Gasteiger partial charge in [-0.25, -0.2) is 0 Å². The minimum absolute atomic E-state index is 0.0616. The number of ketones is 1. The second-order valence-electron chi connectivity index (χ2n) is 9.46. The SMILES string of the molecule is CC1=C(CO)OC(c2ccc([N+](=O)[O-])cc2)(c2cc(C)c3ccc(C(C)C)cc(C)c2-3)C(O)C1=O. The number of nitrogens with zero attached hydrogens (tertiary/aromatic N) is 1. The molecule has 0 radical (unpaired) electrons. The Morgan fingerprint density at radius 3 is 2.29 bits per heavy atom. The Kier molecular flexibility index (Phi) is 6.25. The van der Waals surface area contributed by atoms with Crippen molar-refractivity contribution in [2.75, 3.05) is 6.61 Å². The third-order valence-corrected chi connectivity index (χ3v) is 6.97. The van der Waals surface area contributed by atoms with Gasteiger partial charge in [0.25, 0.3) is 5.69 Å². The molecule has 7 nitrogen and oxygen atoms in total. The highest BCUT2D eigenvalue weighted by Crippen LogP contribution is 2.50. The smallest absolute Gasteiger partial charge is 0.269 e. The van der Waals surface area contributed by atoms with Crippen LogP contribution in [-0.4, -0.2) is 33.6 Å². The minimum atomic E-state index is -1.70. The number of fused-ring (bicyclic) bond motifs is 1. The molecule has 0 spiro atoms. The van der Waals surface area contributed by atoms with Crippen molar-refractivity contribution in [3.8, 4) is 11.1 Å². The van der Waals surface area contributed by atoms with Crippen LogP contribution in [0.15, 0.2) is 59.9 Å². The van der Waals surface area contributed by atoms with E-state index in [1.54, 1.807) is 0 Å². The minimum Gasteiger partial charge on any atom is -0.476 e. The van der Waals surface area contributed by atoms with Crippen molar-refractivity contribution >= 4 is 11.5 Å². The van der Waals surface area contributed by atoms with Crippen LogP contribution in [0.3, 0.4) is 0 Å². The van der Waals surface area contributed by atoms with Gasteiger partial charge in [0.2, 0.25) is 0 Å². The van der Waals surface area contributed by atoms with Gasteiger partial charge in [0.15, 0.2) is 17.5 Å². The highest BCUT2D eigenvalue weighted by Gasteiger charge is 2.53. The lowest BCUT2D eigenvalue weighted by molar-refractivity contribution is -0.384. The van der Waals surface area contributed by atoms with Crippen LogP contribution in [0.25, 0.3) is 11.1 Å². The molecule has 35 heavy (non-hydrogen) atoms. The summed E-state index contributed by atoms with van der Waals surface area (Å²) in [5.74, 6) is -0.208. The predicted octanol–water partition coefficient (Wildman–Crippen LogP) is 4.91. The Morgan fingerprint density at radius 2 is 1.71 bits per heavy atom. The fourth-order valence-electron chi connectivity index (χ4n) is 4.96. The number of aliphatic hydroxyl groups excluding tert-OH is 2. The van der Waals surface area contributed by atoms with E-state index in [4.69, 9.17) is 4.74 Å². The molecule has 7 heteroatoms. The monoisotopic (exact) mass is 475 g/mol. The summed E-state index contributed by atoms with van der Waals surface area (Å²) < 4.78 is 6.36. The summed E-state index contributed by atoms with van der Waals surface area (Å²) in [6, 6.07) is 13.7. The zero-order valence-corrected chi connectivity index (χ0v) is 20.5. The standard InChI is InChI=1S/C28H29NO6/c1-15(2)19-6-11-22-16(3)13-23(25(22)17(4)12-19)28(20-7-9-21(10-8-20)29(33)34)27(32)26(31)18(5)24(14-30)35-28/h6-13,15,27,30,32H,14H2,1-5H3. The molecule has 0 saturated carbocycles. The molecule has 0 saturated heterocycles. The third kappa shape index (κ3) is 3.81. The van der Waals surface area contributed by atoms with Crippen molar-refractivity contribution in [2.45, 2.75) is 52.2 Å². The molecule has 2 N–H and O–H groups in total. The number of Topliss-reactive ketones (excluding diaryl/α,β-unsaturated/α-hetero) is 1. The molecule has 1 aliphatic heterocycles. The van der Waals surface area contributed by atoms with E-state index in [0.29, 0.717) is 17.0 Å². The van der Waals surface area contributed by atoms with Gasteiger partial charge in [-0.1, -0.05) is 38.1 Å². The second-order valence-corrected chi connectivity index (χ2v) is 9.46. The van der Waals surface area contributed by atoms with Gasteiger partial charge in [-0.05, 0) is 66.6 Å². The first kappa shape index (κ1) is 24.6. The normalized spacial score (nSPS) is 20.5. The lowest BCUT2D eigenvalue weighted by Crippen LogP contribution is -2.51. The predicted molar refractivity (Wildman–Crippen MR) is 132 cm³/mol. The highest BCUT2D eigenvalue weighted by molar-refractivity contribution is 6.01. The molecule has 1 heterocycles. The van der Waals surface area contributed by atoms with Crippen molar-refractivity contribution in [2.24, 2.45) is 0 Å². The van der Waals surface area contributed by atoms with Crippen molar-refractivity contribution < 1.29 is 24.7 Å². The number of aliphatic hydroxyl groups is 2. The van der Waals surface area contributed by atoms with Gasteiger partial charge >= 0.3 is 0 Å². The van der Waals surface area contributed by atoms with Gasteiger partial charge in [-0.3, -0.25) is 14.9 Å². The van der Waals surface area contributed by atoms with Gasteiger partial charge in [0.1, 0.15) is 12.4 Å². The van der Waals surface area contributed by atoms with Crippen molar-refractivity contribution in [3.63, 3.8) is 0 Å². The maximum atomic E-state index is 13.3. The molecule has 0 aromatic heterocycles. The van der Waals surface area contributed by atoms with Gasteiger partial charge in [0.05, 0.1) is 4.92 Å². The Morgan fingerprint density at radius 1 is 1.06 bits per heavy atom. The first-order valence-corrected chi connectivity index (χ1v) is 11.5. The number of carbonyl (C=O) groups is 1. The number of ether oxygens (including phenoxy) is 1. The number of hydrogen-bond donors (Lipinski definition) is 2. The molecular formula is C28H29NO6. The highest BCUT2D eigenvalue weighted by atomic mass is 16.6. The maximum absolute atomic E-state index is 13.3. The number of hydrogen-bond acceptors (Lipinski definition) is 6. The fourth-order valence-corrected chi connectivity index (χ4v) is 4.96. The van der Waals surface area contributed by atoms with Crippen LogP contribution in [0.4, 0.5) is 5.69 Å². The van der Waals surface area contributed by atoms with Crippen LogP contribution in [0.1, 0.15) is 54.5 Å². The number of nitro groups is 1. The van der Waals surface area contributed by atoms with Crippen LogP contribution in [0.2, 0.25) is 0 Å². The lowest BCUT2D eigenvalue weighted by Gasteiger charge is -2.42. The fraction of sp³-hybridized carbons (Fsp3) is 0.321. The quantitative estimate of drug-likeness (QED) is 0.401. The summed E-state index contributed by atoms with van der Waals surface area (Å²) in [6.45, 7) is 9.13. The van der Waals surface area contributed by atoms with E-state index in [1.807, 2.05) is 26.0 Å². The summed E-state index contributed by atoms with van der Waals surface area (Å²) in [5, 5.41) is 32.8. The molecule has 2 unspecified atom stereocenters. The van der Waals surface area contributed by atoms with Crippen LogP contribution < -0.4 is 0 Å². The van der Waals surface area contributed by atoms with Crippen molar-refractivity contribution in [1.29, 1.82) is 0 Å². The molecule has 0 fully saturated rings. The average molecular weight is 476 g/mol. The summed E-state index contributed by atoms with van der Waals surface area (Å²) in [5.41, 5.74) is 4.07. The number of nitro benzene ring substituents is 1. The van der Waals surface area contributed by atoms with E-state index in [-0.39, 0.29) is 17.0 Å². The molecule has 3 aliphatic rings.